The number of carbonyl (C=O) groups excluding carboxylic acids is 1. The van der Waals surface area contributed by atoms with E-state index in [0.29, 0.717) is 18.1 Å². The molecule has 0 saturated carbocycles. The number of hydrogen-bond donors (Lipinski definition) is 2. The summed E-state index contributed by atoms with van der Waals surface area (Å²) in [5.41, 5.74) is 3.44. The van der Waals surface area contributed by atoms with Crippen LogP contribution in [-0.4, -0.2) is 27.9 Å². The Morgan fingerprint density at radius 1 is 1.24 bits per heavy atom. The first-order chi connectivity index (χ1) is 12.1. The summed E-state index contributed by atoms with van der Waals surface area (Å²) in [5, 5.41) is 13.3. The highest BCUT2D eigenvalue weighted by Crippen LogP contribution is 2.19. The largest absolute Gasteiger partial charge is 0.361 e. The molecule has 0 radical (unpaired) electrons. The smallest absolute Gasteiger partial charge is 0.319 e. The molecule has 0 fully saturated rings. The van der Waals surface area contributed by atoms with Crippen LogP contribution in [0.1, 0.15) is 23.4 Å². The molecule has 2 N–H and O–H groups in total. The molecule has 0 aliphatic heterocycles. The first-order valence-electron chi connectivity index (χ1n) is 7.97. The monoisotopic (exact) mass is 341 g/mol. The molecule has 3 rings (SSSR count). The molecule has 3 aromatic rings. The third-order valence-corrected chi connectivity index (χ3v) is 3.81. The Labute approximate surface area is 144 Å². The molecule has 2 amide bonds. The molecule has 0 saturated heterocycles. The normalized spacial score (nSPS) is 10.6. The molecule has 0 bridgehead atoms. The molecule has 0 aliphatic rings. The van der Waals surface area contributed by atoms with Crippen LogP contribution >= 0.6 is 0 Å². The average molecular weight is 341 g/mol. The van der Waals surface area contributed by atoms with Crippen molar-refractivity contribution in [1.29, 1.82) is 0 Å². The topological polar surface area (TPSA) is 106 Å². The number of carbonyl (C=O) groups is 1. The zero-order valence-corrected chi connectivity index (χ0v) is 14.1. The van der Waals surface area contributed by atoms with Gasteiger partial charge in [-0.05, 0) is 38.8 Å². The van der Waals surface area contributed by atoms with E-state index in [-0.39, 0.29) is 6.03 Å². The highest BCUT2D eigenvalue weighted by molar-refractivity contribution is 5.89. The van der Waals surface area contributed by atoms with Crippen LogP contribution in [0.2, 0.25) is 0 Å². The molecule has 0 aliphatic carbocycles. The summed E-state index contributed by atoms with van der Waals surface area (Å²) < 4.78 is 9.86. The summed E-state index contributed by atoms with van der Waals surface area (Å²) in [7, 11) is 0. The second-order valence-corrected chi connectivity index (χ2v) is 5.62. The Morgan fingerprint density at radius 3 is 2.84 bits per heavy atom. The van der Waals surface area contributed by atoms with Crippen molar-refractivity contribution in [2.24, 2.45) is 0 Å². The fourth-order valence-corrected chi connectivity index (χ4v) is 2.54. The Kier molecular flexibility index (Phi) is 5.08. The molecular weight excluding hydrogens is 322 g/mol. The van der Waals surface area contributed by atoms with Crippen molar-refractivity contribution in [3.63, 3.8) is 0 Å². The Balaban J connectivity index is 1.47. The van der Waals surface area contributed by atoms with Crippen LogP contribution < -0.4 is 10.6 Å². The maximum Gasteiger partial charge on any atom is 0.319 e. The van der Waals surface area contributed by atoms with Crippen LogP contribution in [0, 0.1) is 13.8 Å². The predicted molar refractivity (Wildman–Crippen MR) is 91.1 cm³/mol. The van der Waals surface area contributed by atoms with Crippen molar-refractivity contribution in [3.05, 3.63) is 47.7 Å². The van der Waals surface area contributed by atoms with Gasteiger partial charge in [0.25, 0.3) is 0 Å². The van der Waals surface area contributed by atoms with Gasteiger partial charge in [0, 0.05) is 23.4 Å². The van der Waals surface area contributed by atoms with E-state index in [2.05, 4.69) is 25.9 Å². The van der Waals surface area contributed by atoms with E-state index in [4.69, 9.17) is 9.05 Å². The van der Waals surface area contributed by atoms with Gasteiger partial charge in [0.1, 0.15) is 5.76 Å². The lowest BCUT2D eigenvalue weighted by atomic mass is 10.1. The van der Waals surface area contributed by atoms with E-state index < -0.39 is 0 Å². The van der Waals surface area contributed by atoms with Crippen molar-refractivity contribution in [1.82, 2.24) is 20.6 Å². The van der Waals surface area contributed by atoms with E-state index in [0.717, 1.165) is 35.4 Å². The lowest BCUT2D eigenvalue weighted by molar-refractivity contribution is 0.252. The number of rotatable bonds is 6. The Hall–Kier alpha value is -3.16. The highest BCUT2D eigenvalue weighted by Gasteiger charge is 2.09. The van der Waals surface area contributed by atoms with Gasteiger partial charge in [-0.25, -0.2) is 4.79 Å². The van der Waals surface area contributed by atoms with Crippen molar-refractivity contribution in [2.75, 3.05) is 11.9 Å². The lowest BCUT2D eigenvalue weighted by Gasteiger charge is -2.08. The zero-order chi connectivity index (χ0) is 17.6. The van der Waals surface area contributed by atoms with Crippen molar-refractivity contribution < 1.29 is 13.8 Å². The standard InChI is InChI=1S/C17H19N5O3/c1-11-15(12(2)25-21-11)7-4-8-18-17(23)20-14-6-3-5-13(9-14)16-19-10-24-22-16/h3,5-6,9-10H,4,7-8H2,1-2H3,(H2,18,20,23). The highest BCUT2D eigenvalue weighted by atomic mass is 16.5. The van der Waals surface area contributed by atoms with Gasteiger partial charge >= 0.3 is 6.03 Å². The summed E-state index contributed by atoms with van der Waals surface area (Å²) in [6, 6.07) is 6.99. The number of aryl methyl sites for hydroxylation is 2. The quantitative estimate of drug-likeness (QED) is 0.667. The molecule has 8 nitrogen and oxygen atoms in total. The molecule has 2 aromatic heterocycles. The number of urea groups is 1. The minimum atomic E-state index is -0.260. The second kappa shape index (κ2) is 7.61. The van der Waals surface area contributed by atoms with Crippen LogP contribution in [0.4, 0.5) is 10.5 Å². The minimum Gasteiger partial charge on any atom is -0.361 e. The number of anilines is 1. The van der Waals surface area contributed by atoms with Crippen molar-refractivity contribution in [2.45, 2.75) is 26.7 Å². The lowest BCUT2D eigenvalue weighted by Crippen LogP contribution is -2.29. The molecule has 8 heteroatoms. The van der Waals surface area contributed by atoms with Crippen molar-refractivity contribution >= 4 is 11.7 Å². The molecular formula is C17H19N5O3. The van der Waals surface area contributed by atoms with Gasteiger partial charge < -0.3 is 19.7 Å². The van der Waals surface area contributed by atoms with Gasteiger partial charge in [-0.3, -0.25) is 0 Å². The van der Waals surface area contributed by atoms with Crippen LogP contribution in [0.15, 0.2) is 39.7 Å². The second-order valence-electron chi connectivity index (χ2n) is 5.62. The third kappa shape index (κ3) is 4.23. The van der Waals surface area contributed by atoms with Crippen LogP contribution in [0.5, 0.6) is 0 Å². The number of nitrogens with one attached hydrogen (secondary N) is 2. The SMILES string of the molecule is Cc1noc(C)c1CCCNC(=O)Nc1cccc(-c2ncon2)c1. The van der Waals surface area contributed by atoms with E-state index in [1.807, 2.05) is 26.0 Å². The number of nitrogens with zero attached hydrogens (tertiary/aromatic N) is 3. The fourth-order valence-electron chi connectivity index (χ4n) is 2.54. The number of amides is 2. The Bertz CT molecular complexity index is 822. The molecule has 0 unspecified atom stereocenters. The first kappa shape index (κ1) is 16.7. The molecule has 130 valence electrons. The number of hydrogen-bond acceptors (Lipinski definition) is 6. The summed E-state index contributed by atoms with van der Waals surface area (Å²) >= 11 is 0. The van der Waals surface area contributed by atoms with Gasteiger partial charge in [0.15, 0.2) is 0 Å². The van der Waals surface area contributed by atoms with Gasteiger partial charge in [-0.15, -0.1) is 0 Å². The van der Waals surface area contributed by atoms with E-state index in [1.165, 1.54) is 6.39 Å². The van der Waals surface area contributed by atoms with Crippen molar-refractivity contribution in [3.8, 4) is 11.4 Å². The summed E-state index contributed by atoms with van der Waals surface area (Å²) in [6.45, 7) is 4.37. The maximum absolute atomic E-state index is 12.0. The average Bonchev–Trinajstić information content (AvgIpc) is 3.24. The van der Waals surface area contributed by atoms with E-state index >= 15 is 0 Å². The number of benzene rings is 1. The van der Waals surface area contributed by atoms with Crippen LogP contribution in [0.3, 0.4) is 0 Å². The summed E-state index contributed by atoms with van der Waals surface area (Å²) in [5.74, 6) is 1.31. The minimum absolute atomic E-state index is 0.260. The van der Waals surface area contributed by atoms with E-state index in [9.17, 15) is 4.79 Å². The predicted octanol–water partition coefficient (Wildman–Crippen LogP) is 3.10. The van der Waals surface area contributed by atoms with Gasteiger partial charge in [-0.1, -0.05) is 22.4 Å². The molecule has 1 aromatic carbocycles. The maximum atomic E-state index is 12.0. The van der Waals surface area contributed by atoms with Gasteiger partial charge in [-0.2, -0.15) is 4.98 Å². The summed E-state index contributed by atoms with van der Waals surface area (Å²) in [6.07, 6.45) is 2.88. The fraction of sp³-hybridized carbons (Fsp3) is 0.294. The number of aromatic nitrogens is 3. The van der Waals surface area contributed by atoms with Gasteiger partial charge in [0.05, 0.1) is 5.69 Å². The van der Waals surface area contributed by atoms with Crippen LogP contribution in [0.25, 0.3) is 11.4 Å². The molecule has 0 spiro atoms. The Morgan fingerprint density at radius 2 is 2.12 bits per heavy atom. The molecule has 25 heavy (non-hydrogen) atoms. The van der Waals surface area contributed by atoms with Crippen LogP contribution in [-0.2, 0) is 6.42 Å². The third-order valence-electron chi connectivity index (χ3n) is 3.81. The molecule has 0 atom stereocenters. The zero-order valence-electron chi connectivity index (χ0n) is 14.1. The first-order valence-corrected chi connectivity index (χ1v) is 7.97. The van der Waals surface area contributed by atoms with Gasteiger partial charge in [0.2, 0.25) is 12.2 Å². The summed E-state index contributed by atoms with van der Waals surface area (Å²) in [4.78, 5) is 16.0. The van der Waals surface area contributed by atoms with E-state index in [1.54, 1.807) is 12.1 Å². The molecule has 2 heterocycles.